The molecule has 1 N–H and O–H groups in total. The van der Waals surface area contributed by atoms with Crippen LogP contribution < -0.4 is 0 Å². The van der Waals surface area contributed by atoms with Gasteiger partial charge in [-0.15, -0.1) is 0 Å². The van der Waals surface area contributed by atoms with Crippen molar-refractivity contribution in [3.8, 4) is 0 Å². The van der Waals surface area contributed by atoms with Crippen molar-refractivity contribution in [3.05, 3.63) is 137 Å². The van der Waals surface area contributed by atoms with Gasteiger partial charge < -0.3 is 5.11 Å². The Labute approximate surface area is 219 Å². The lowest BCUT2D eigenvalue weighted by Crippen LogP contribution is -2.22. The third-order valence-corrected chi connectivity index (χ3v) is 8.09. The van der Waals surface area contributed by atoms with E-state index in [-0.39, 0.29) is 23.3 Å². The summed E-state index contributed by atoms with van der Waals surface area (Å²) in [6.07, 6.45) is 1.66. The average molecular weight is 498 g/mol. The quantitative estimate of drug-likeness (QED) is 0.251. The summed E-state index contributed by atoms with van der Waals surface area (Å²) in [5.74, 6) is -1.43. The SMILES string of the molecule is O=C(O)c1nc(C2CCc3c(ccc4c3ccc3ccccc34)C2c2ccc(F)cc2)cc2ccccc12. The topological polar surface area (TPSA) is 50.2 Å². The summed E-state index contributed by atoms with van der Waals surface area (Å²) in [5, 5.41) is 16.4. The number of carbonyl (C=O) groups is 1. The summed E-state index contributed by atoms with van der Waals surface area (Å²) in [5.41, 5.74) is 4.34. The maximum atomic E-state index is 14.0. The van der Waals surface area contributed by atoms with Crippen LogP contribution in [0.4, 0.5) is 4.39 Å². The molecule has 1 aliphatic rings. The number of fused-ring (bicyclic) bond motifs is 6. The van der Waals surface area contributed by atoms with Gasteiger partial charge in [0.2, 0.25) is 0 Å². The number of aryl methyl sites for hydroxylation is 1. The molecule has 2 unspecified atom stereocenters. The number of hydrogen-bond donors (Lipinski definition) is 1. The molecule has 0 saturated heterocycles. The van der Waals surface area contributed by atoms with Crippen LogP contribution in [0.25, 0.3) is 32.3 Å². The minimum Gasteiger partial charge on any atom is -0.476 e. The number of halogens is 1. The molecule has 0 spiro atoms. The molecule has 1 aromatic heterocycles. The van der Waals surface area contributed by atoms with Crippen molar-refractivity contribution in [2.45, 2.75) is 24.7 Å². The molecule has 0 radical (unpaired) electrons. The predicted molar refractivity (Wildman–Crippen MR) is 149 cm³/mol. The number of rotatable bonds is 3. The Bertz CT molecular complexity index is 1880. The first kappa shape index (κ1) is 22.6. The lowest BCUT2D eigenvalue weighted by Gasteiger charge is -2.35. The molecule has 38 heavy (non-hydrogen) atoms. The predicted octanol–water partition coefficient (Wildman–Crippen LogP) is 8.24. The lowest BCUT2D eigenvalue weighted by molar-refractivity contribution is 0.0692. The van der Waals surface area contributed by atoms with Crippen molar-refractivity contribution in [3.63, 3.8) is 0 Å². The van der Waals surface area contributed by atoms with Crippen LogP contribution in [0.1, 0.15) is 51.1 Å². The van der Waals surface area contributed by atoms with Crippen molar-refractivity contribution >= 4 is 38.3 Å². The number of carboxylic acids is 1. The molecule has 0 bridgehead atoms. The molecule has 4 heteroatoms. The summed E-state index contributed by atoms with van der Waals surface area (Å²) >= 11 is 0. The molecule has 2 atom stereocenters. The number of aromatic carboxylic acids is 1. The Morgan fingerprint density at radius 2 is 1.47 bits per heavy atom. The smallest absolute Gasteiger partial charge is 0.355 e. The maximum Gasteiger partial charge on any atom is 0.355 e. The molecule has 5 aromatic carbocycles. The van der Waals surface area contributed by atoms with Gasteiger partial charge in [0.15, 0.2) is 5.69 Å². The molecular weight excluding hydrogens is 473 g/mol. The normalized spacial score (nSPS) is 17.1. The fourth-order valence-corrected chi connectivity index (χ4v) is 6.39. The molecule has 0 aliphatic heterocycles. The van der Waals surface area contributed by atoms with E-state index in [9.17, 15) is 14.3 Å². The van der Waals surface area contributed by atoms with Crippen molar-refractivity contribution in [2.75, 3.05) is 0 Å². The molecule has 0 saturated carbocycles. The van der Waals surface area contributed by atoms with Crippen molar-refractivity contribution in [2.24, 2.45) is 0 Å². The van der Waals surface area contributed by atoms with E-state index in [4.69, 9.17) is 4.98 Å². The van der Waals surface area contributed by atoms with E-state index in [1.807, 2.05) is 36.4 Å². The Morgan fingerprint density at radius 1 is 0.763 bits per heavy atom. The highest BCUT2D eigenvalue weighted by atomic mass is 19.1. The zero-order chi connectivity index (χ0) is 25.8. The molecule has 1 heterocycles. The molecule has 6 aromatic rings. The molecule has 3 nitrogen and oxygen atoms in total. The van der Waals surface area contributed by atoms with Crippen molar-refractivity contribution < 1.29 is 14.3 Å². The summed E-state index contributed by atoms with van der Waals surface area (Å²) in [6.45, 7) is 0. The van der Waals surface area contributed by atoms with Gasteiger partial charge in [0, 0.05) is 22.9 Å². The van der Waals surface area contributed by atoms with E-state index < -0.39 is 5.97 Å². The molecule has 184 valence electrons. The molecule has 0 amide bonds. The summed E-state index contributed by atoms with van der Waals surface area (Å²) in [7, 11) is 0. The number of benzene rings is 5. The van der Waals surface area contributed by atoms with Crippen LogP contribution in [0.3, 0.4) is 0 Å². The van der Waals surface area contributed by atoms with E-state index >= 15 is 0 Å². The Kier molecular flexibility index (Phi) is 5.22. The second-order valence-electron chi connectivity index (χ2n) is 10.1. The van der Waals surface area contributed by atoms with Gasteiger partial charge in [0.1, 0.15) is 5.82 Å². The van der Waals surface area contributed by atoms with Crippen LogP contribution in [0.15, 0.2) is 103 Å². The van der Waals surface area contributed by atoms with E-state index in [1.54, 1.807) is 6.07 Å². The van der Waals surface area contributed by atoms with Crippen molar-refractivity contribution in [1.29, 1.82) is 0 Å². The van der Waals surface area contributed by atoms with Gasteiger partial charge in [-0.1, -0.05) is 84.9 Å². The van der Waals surface area contributed by atoms with Crippen LogP contribution in [0, 0.1) is 5.82 Å². The van der Waals surface area contributed by atoms with Gasteiger partial charge in [-0.2, -0.15) is 0 Å². The Balaban J connectivity index is 1.46. The second-order valence-corrected chi connectivity index (χ2v) is 10.1. The van der Waals surface area contributed by atoms with Crippen LogP contribution in [-0.2, 0) is 6.42 Å². The zero-order valence-electron chi connectivity index (χ0n) is 20.6. The fourth-order valence-electron chi connectivity index (χ4n) is 6.39. The highest BCUT2D eigenvalue weighted by Gasteiger charge is 2.34. The molecule has 0 fully saturated rings. The fraction of sp³-hybridized carbons (Fsp3) is 0.118. The van der Waals surface area contributed by atoms with Crippen LogP contribution in [0.2, 0.25) is 0 Å². The third-order valence-electron chi connectivity index (χ3n) is 8.09. The Morgan fingerprint density at radius 3 is 2.26 bits per heavy atom. The van der Waals surface area contributed by atoms with Gasteiger partial charge in [-0.05, 0) is 74.7 Å². The highest BCUT2D eigenvalue weighted by Crippen LogP contribution is 2.48. The monoisotopic (exact) mass is 497 g/mol. The van der Waals surface area contributed by atoms with Gasteiger partial charge in [-0.25, -0.2) is 14.2 Å². The standard InChI is InChI=1S/C34H24FNO2/c35-23-12-9-21(10-13-23)32-29-17-15-26-24-7-3-1-5-20(24)11-14-27(26)28(29)16-18-30(32)31-19-22-6-2-4-8-25(22)33(36-31)34(37)38/h1-15,17,19,30,32H,16,18H2,(H,37,38). The number of pyridine rings is 1. The lowest BCUT2D eigenvalue weighted by atomic mass is 9.69. The van der Waals surface area contributed by atoms with Gasteiger partial charge in [0.25, 0.3) is 0 Å². The highest BCUT2D eigenvalue weighted by molar-refractivity contribution is 6.09. The second kappa shape index (κ2) is 8.77. The van der Waals surface area contributed by atoms with E-state index in [0.29, 0.717) is 5.39 Å². The molecule has 7 rings (SSSR count). The summed E-state index contributed by atoms with van der Waals surface area (Å²) < 4.78 is 14.0. The summed E-state index contributed by atoms with van der Waals surface area (Å²) in [4.78, 5) is 16.9. The van der Waals surface area contributed by atoms with Crippen LogP contribution >= 0.6 is 0 Å². The maximum absolute atomic E-state index is 14.0. The van der Waals surface area contributed by atoms with Crippen LogP contribution in [0.5, 0.6) is 0 Å². The van der Waals surface area contributed by atoms with E-state index in [0.717, 1.165) is 29.5 Å². The molecule has 1 aliphatic carbocycles. The largest absolute Gasteiger partial charge is 0.476 e. The first-order valence-electron chi connectivity index (χ1n) is 12.9. The minimum atomic E-state index is -1.03. The van der Waals surface area contributed by atoms with Crippen LogP contribution in [-0.4, -0.2) is 16.1 Å². The first-order valence-corrected chi connectivity index (χ1v) is 12.9. The van der Waals surface area contributed by atoms with Gasteiger partial charge in [0.05, 0.1) is 0 Å². The zero-order valence-corrected chi connectivity index (χ0v) is 20.6. The number of aromatic nitrogens is 1. The molecular formula is C34H24FNO2. The van der Waals surface area contributed by atoms with E-state index in [1.165, 1.54) is 44.8 Å². The number of carboxylic acid groups (broad SMARTS) is 1. The van der Waals surface area contributed by atoms with E-state index in [2.05, 4.69) is 48.5 Å². The van der Waals surface area contributed by atoms with Gasteiger partial charge in [-0.3, -0.25) is 0 Å². The average Bonchev–Trinajstić information content (AvgIpc) is 2.96. The Hall–Kier alpha value is -4.57. The van der Waals surface area contributed by atoms with Crippen molar-refractivity contribution in [1.82, 2.24) is 4.98 Å². The third kappa shape index (κ3) is 3.56. The number of nitrogens with zero attached hydrogens (tertiary/aromatic N) is 1. The van der Waals surface area contributed by atoms with Gasteiger partial charge >= 0.3 is 5.97 Å². The minimum absolute atomic E-state index is 0.0476. The first-order chi connectivity index (χ1) is 18.6. The summed E-state index contributed by atoms with van der Waals surface area (Å²) in [6, 6.07) is 33.5. The number of hydrogen-bond acceptors (Lipinski definition) is 2.